The molecule has 1 aromatic carbocycles. The Hall–Kier alpha value is -0.580. The number of nitrogens with zero attached hydrogens (tertiary/aromatic N) is 1. The largest absolute Gasteiger partial charge is 0.336 e. The fourth-order valence-electron chi connectivity index (χ4n) is 1.59. The van der Waals surface area contributed by atoms with Crippen molar-refractivity contribution in [2.24, 2.45) is 0 Å². The van der Waals surface area contributed by atoms with E-state index in [4.69, 9.17) is 0 Å². The van der Waals surface area contributed by atoms with Crippen LogP contribution < -0.4 is 0 Å². The summed E-state index contributed by atoms with van der Waals surface area (Å²) in [6.07, 6.45) is 0.994. The number of amides is 1. The van der Waals surface area contributed by atoms with E-state index in [9.17, 15) is 4.79 Å². The molecule has 0 fully saturated rings. The summed E-state index contributed by atoms with van der Waals surface area (Å²) in [6.45, 7) is 7.03. The minimum atomic E-state index is 0.133. The fourth-order valence-corrected chi connectivity index (χ4v) is 1.95. The van der Waals surface area contributed by atoms with Gasteiger partial charge in [-0.3, -0.25) is 4.79 Å². The lowest BCUT2D eigenvalue weighted by Gasteiger charge is -2.26. The van der Waals surface area contributed by atoms with Crippen molar-refractivity contribution in [1.82, 2.24) is 4.90 Å². The lowest BCUT2D eigenvalue weighted by atomic mass is 10.1. The van der Waals surface area contributed by atoms with Gasteiger partial charge in [-0.2, -0.15) is 0 Å². The highest BCUT2D eigenvalue weighted by atomic mass is 127. The van der Waals surface area contributed by atoms with Gasteiger partial charge in [-0.1, -0.05) is 6.92 Å². The Labute approximate surface area is 111 Å². The topological polar surface area (TPSA) is 20.3 Å². The van der Waals surface area contributed by atoms with Gasteiger partial charge in [0.05, 0.1) is 0 Å². The number of carbonyl (C=O) groups excluding carboxylic acids is 1. The van der Waals surface area contributed by atoms with Crippen LogP contribution in [0.2, 0.25) is 0 Å². The van der Waals surface area contributed by atoms with Crippen LogP contribution in [0.1, 0.15) is 37.6 Å². The van der Waals surface area contributed by atoms with E-state index in [-0.39, 0.29) is 11.9 Å². The number of halogens is 1. The molecule has 0 unspecified atom stereocenters. The predicted octanol–water partition coefficient (Wildman–Crippen LogP) is 3.55. The summed E-state index contributed by atoms with van der Waals surface area (Å²) in [5.41, 5.74) is 0.780. The molecule has 0 atom stereocenters. The van der Waals surface area contributed by atoms with Crippen molar-refractivity contribution >= 4 is 28.5 Å². The van der Waals surface area contributed by atoms with Gasteiger partial charge in [-0.15, -0.1) is 0 Å². The molecule has 0 spiro atoms. The maximum Gasteiger partial charge on any atom is 0.254 e. The van der Waals surface area contributed by atoms with Crippen LogP contribution in [0.5, 0.6) is 0 Å². The molecule has 0 aromatic heterocycles. The Morgan fingerprint density at radius 3 is 2.31 bits per heavy atom. The van der Waals surface area contributed by atoms with Crippen LogP contribution >= 0.6 is 22.6 Å². The number of rotatable bonds is 4. The molecular weight excluding hydrogens is 313 g/mol. The van der Waals surface area contributed by atoms with Crippen LogP contribution in [0.15, 0.2) is 24.3 Å². The molecular formula is C13H18INO. The van der Waals surface area contributed by atoms with Crippen molar-refractivity contribution in [1.29, 1.82) is 0 Å². The maximum absolute atomic E-state index is 12.2. The van der Waals surface area contributed by atoms with Gasteiger partial charge in [0.25, 0.3) is 5.91 Å². The van der Waals surface area contributed by atoms with Crippen molar-refractivity contribution in [3.63, 3.8) is 0 Å². The van der Waals surface area contributed by atoms with Crippen LogP contribution in [0, 0.1) is 3.57 Å². The van der Waals surface area contributed by atoms with Crippen LogP contribution in [0.4, 0.5) is 0 Å². The molecule has 1 aromatic rings. The lowest BCUT2D eigenvalue weighted by Crippen LogP contribution is -2.37. The molecule has 3 heteroatoms. The number of hydrogen-bond acceptors (Lipinski definition) is 1. The van der Waals surface area contributed by atoms with Gasteiger partial charge < -0.3 is 4.90 Å². The Bertz CT molecular complexity index is 345. The average molecular weight is 331 g/mol. The first kappa shape index (κ1) is 13.5. The molecule has 1 amide bonds. The summed E-state index contributed by atoms with van der Waals surface area (Å²) >= 11 is 2.24. The number of carbonyl (C=O) groups is 1. The van der Waals surface area contributed by atoms with Crippen LogP contribution in [-0.2, 0) is 0 Å². The van der Waals surface area contributed by atoms with Gasteiger partial charge in [0, 0.05) is 21.7 Å². The van der Waals surface area contributed by atoms with Gasteiger partial charge >= 0.3 is 0 Å². The Balaban J connectivity index is 2.86. The smallest absolute Gasteiger partial charge is 0.254 e. The van der Waals surface area contributed by atoms with E-state index in [1.807, 2.05) is 29.2 Å². The highest BCUT2D eigenvalue weighted by Gasteiger charge is 2.17. The fraction of sp³-hybridized carbons (Fsp3) is 0.462. The molecule has 0 N–H and O–H groups in total. The van der Waals surface area contributed by atoms with Crippen molar-refractivity contribution in [2.45, 2.75) is 33.2 Å². The summed E-state index contributed by atoms with van der Waals surface area (Å²) in [4.78, 5) is 14.1. The molecule has 0 aliphatic carbocycles. The third-order valence-corrected chi connectivity index (χ3v) is 3.16. The van der Waals surface area contributed by atoms with E-state index >= 15 is 0 Å². The number of benzene rings is 1. The van der Waals surface area contributed by atoms with Gasteiger partial charge in [0.15, 0.2) is 0 Å². The van der Waals surface area contributed by atoms with E-state index in [2.05, 4.69) is 43.4 Å². The van der Waals surface area contributed by atoms with Gasteiger partial charge in [-0.25, -0.2) is 0 Å². The molecule has 2 nitrogen and oxygen atoms in total. The van der Waals surface area contributed by atoms with Gasteiger partial charge in [0.2, 0.25) is 0 Å². The third kappa shape index (κ3) is 3.47. The highest BCUT2D eigenvalue weighted by molar-refractivity contribution is 14.1. The quantitative estimate of drug-likeness (QED) is 0.773. The van der Waals surface area contributed by atoms with E-state index < -0.39 is 0 Å². The SMILES string of the molecule is CCCN(C(=O)c1ccc(I)cc1)C(C)C. The first-order valence-corrected chi connectivity index (χ1v) is 6.70. The van der Waals surface area contributed by atoms with Crippen molar-refractivity contribution < 1.29 is 4.79 Å². The number of hydrogen-bond donors (Lipinski definition) is 0. The summed E-state index contributed by atoms with van der Waals surface area (Å²) in [5.74, 6) is 0.133. The Morgan fingerprint density at radius 1 is 1.31 bits per heavy atom. The van der Waals surface area contributed by atoms with Crippen LogP contribution in [-0.4, -0.2) is 23.4 Å². The molecule has 0 saturated carbocycles. The minimum absolute atomic E-state index is 0.133. The molecule has 1 rings (SSSR count). The predicted molar refractivity (Wildman–Crippen MR) is 75.6 cm³/mol. The van der Waals surface area contributed by atoms with Crippen LogP contribution in [0.3, 0.4) is 0 Å². The maximum atomic E-state index is 12.2. The van der Waals surface area contributed by atoms with Crippen molar-refractivity contribution in [2.75, 3.05) is 6.54 Å². The molecule has 0 saturated heterocycles. The molecule has 0 aliphatic heterocycles. The first-order chi connectivity index (χ1) is 7.56. The third-order valence-electron chi connectivity index (χ3n) is 2.44. The zero-order valence-corrected chi connectivity index (χ0v) is 12.2. The second kappa shape index (κ2) is 6.23. The van der Waals surface area contributed by atoms with Crippen molar-refractivity contribution in [3.05, 3.63) is 33.4 Å². The second-order valence-corrected chi connectivity index (χ2v) is 5.34. The van der Waals surface area contributed by atoms with E-state index in [1.165, 1.54) is 0 Å². The highest BCUT2D eigenvalue weighted by Crippen LogP contribution is 2.11. The zero-order valence-electron chi connectivity index (χ0n) is 10.0. The molecule has 16 heavy (non-hydrogen) atoms. The van der Waals surface area contributed by atoms with Gasteiger partial charge in [0.1, 0.15) is 0 Å². The Morgan fingerprint density at radius 2 is 1.88 bits per heavy atom. The molecule has 88 valence electrons. The second-order valence-electron chi connectivity index (χ2n) is 4.10. The monoisotopic (exact) mass is 331 g/mol. The molecule has 0 heterocycles. The molecule has 0 radical (unpaired) electrons. The van der Waals surface area contributed by atoms with E-state index in [0.29, 0.717) is 0 Å². The van der Waals surface area contributed by atoms with E-state index in [0.717, 1.165) is 22.1 Å². The minimum Gasteiger partial charge on any atom is -0.336 e. The average Bonchev–Trinajstić information content (AvgIpc) is 2.25. The molecule has 0 aliphatic rings. The summed E-state index contributed by atoms with van der Waals surface area (Å²) in [5, 5.41) is 0. The normalized spacial score (nSPS) is 10.6. The lowest BCUT2D eigenvalue weighted by molar-refractivity contribution is 0.0706. The van der Waals surface area contributed by atoms with Crippen LogP contribution in [0.25, 0.3) is 0 Å². The zero-order chi connectivity index (χ0) is 12.1. The standard InChI is InChI=1S/C13H18INO/c1-4-9-15(10(2)3)13(16)11-5-7-12(14)8-6-11/h5-8,10H,4,9H2,1-3H3. The van der Waals surface area contributed by atoms with E-state index in [1.54, 1.807) is 0 Å². The van der Waals surface area contributed by atoms with Crippen molar-refractivity contribution in [3.8, 4) is 0 Å². The summed E-state index contributed by atoms with van der Waals surface area (Å²) in [7, 11) is 0. The molecule has 0 bridgehead atoms. The first-order valence-electron chi connectivity index (χ1n) is 5.62. The summed E-state index contributed by atoms with van der Waals surface area (Å²) in [6, 6.07) is 7.99. The van der Waals surface area contributed by atoms with Gasteiger partial charge in [-0.05, 0) is 67.1 Å². The summed E-state index contributed by atoms with van der Waals surface area (Å²) < 4.78 is 1.15. The Kier molecular flexibility index (Phi) is 5.25.